The number of halogens is 2. The molecule has 0 spiro atoms. The van der Waals surface area contributed by atoms with Gasteiger partial charge in [-0.05, 0) is 41.8 Å². The largest absolute Gasteiger partial charge is 0.384 e. The van der Waals surface area contributed by atoms with Crippen LogP contribution in [0.4, 0.5) is 0 Å². The molecular weight excluding hydrogens is 426 g/mol. The molecule has 2 atom stereocenters. The Labute approximate surface area is 174 Å². The lowest BCUT2D eigenvalue weighted by molar-refractivity contribution is -0.0206. The van der Waals surface area contributed by atoms with Crippen molar-refractivity contribution in [3.05, 3.63) is 81.8 Å². The van der Waals surface area contributed by atoms with Crippen molar-refractivity contribution < 1.29 is 9.84 Å². The molecule has 1 heterocycles. The van der Waals surface area contributed by atoms with Gasteiger partial charge in [0.05, 0.1) is 13.2 Å². The smallest absolute Gasteiger partial charge is 0.101 e. The number of nitrogens with zero attached hydrogens (tertiary/aromatic N) is 1. The maximum Gasteiger partial charge on any atom is 0.101 e. The van der Waals surface area contributed by atoms with Crippen molar-refractivity contribution in [2.75, 3.05) is 32.8 Å². The molecule has 0 aromatic heterocycles. The fourth-order valence-corrected chi connectivity index (χ4v) is 4.08. The summed E-state index contributed by atoms with van der Waals surface area (Å²) in [5, 5.41) is 12.6. The van der Waals surface area contributed by atoms with E-state index in [1.54, 1.807) is 6.08 Å². The minimum Gasteiger partial charge on any atom is -0.384 e. The van der Waals surface area contributed by atoms with Crippen molar-refractivity contribution in [1.82, 2.24) is 4.90 Å². The lowest BCUT2D eigenvalue weighted by Crippen LogP contribution is -2.44. The van der Waals surface area contributed by atoms with Gasteiger partial charge in [-0.2, -0.15) is 0 Å². The molecule has 0 bridgehead atoms. The second-order valence-corrected chi connectivity index (χ2v) is 8.29. The van der Waals surface area contributed by atoms with Crippen LogP contribution in [0.5, 0.6) is 0 Å². The van der Waals surface area contributed by atoms with E-state index in [-0.39, 0.29) is 5.92 Å². The van der Waals surface area contributed by atoms with Gasteiger partial charge in [0.2, 0.25) is 0 Å². The van der Waals surface area contributed by atoms with Gasteiger partial charge >= 0.3 is 0 Å². The van der Waals surface area contributed by atoms with E-state index in [4.69, 9.17) is 16.3 Å². The zero-order valence-electron chi connectivity index (χ0n) is 15.3. The first-order valence-corrected chi connectivity index (χ1v) is 10.3. The van der Waals surface area contributed by atoms with Crippen LogP contribution in [0.25, 0.3) is 0 Å². The SMILES string of the molecule is C=CC[C@@](O)(c1ccc(Br)cc1)[C@H](CN1CCOCC1)c1ccc(Cl)cc1. The summed E-state index contributed by atoms with van der Waals surface area (Å²) in [6.45, 7) is 7.84. The molecule has 3 rings (SSSR count). The molecule has 0 radical (unpaired) electrons. The summed E-state index contributed by atoms with van der Waals surface area (Å²) in [4.78, 5) is 2.36. The average Bonchev–Trinajstić information content (AvgIpc) is 2.68. The minimum atomic E-state index is -1.06. The molecule has 5 heteroatoms. The van der Waals surface area contributed by atoms with Crippen molar-refractivity contribution in [3.8, 4) is 0 Å². The van der Waals surface area contributed by atoms with Crippen LogP contribution in [0.2, 0.25) is 5.02 Å². The van der Waals surface area contributed by atoms with Gasteiger partial charge in [0.1, 0.15) is 5.60 Å². The Balaban J connectivity index is 2.02. The number of morpholine rings is 1. The average molecular weight is 451 g/mol. The third-order valence-corrected chi connectivity index (χ3v) is 5.97. The molecule has 0 saturated carbocycles. The van der Waals surface area contributed by atoms with E-state index < -0.39 is 5.60 Å². The Morgan fingerprint density at radius 1 is 1.15 bits per heavy atom. The van der Waals surface area contributed by atoms with Gasteiger partial charge in [0.25, 0.3) is 0 Å². The summed E-state index contributed by atoms with van der Waals surface area (Å²) >= 11 is 9.59. The van der Waals surface area contributed by atoms with Crippen molar-refractivity contribution in [2.24, 2.45) is 0 Å². The van der Waals surface area contributed by atoms with Crippen molar-refractivity contribution in [2.45, 2.75) is 17.9 Å². The topological polar surface area (TPSA) is 32.7 Å². The molecule has 2 aromatic carbocycles. The molecule has 144 valence electrons. The maximum absolute atomic E-state index is 11.9. The highest BCUT2D eigenvalue weighted by atomic mass is 79.9. The number of hydrogen-bond donors (Lipinski definition) is 1. The van der Waals surface area contributed by atoms with Crippen molar-refractivity contribution in [1.29, 1.82) is 0 Å². The van der Waals surface area contributed by atoms with E-state index in [9.17, 15) is 5.11 Å². The fraction of sp³-hybridized carbons (Fsp3) is 0.364. The van der Waals surface area contributed by atoms with Crippen LogP contribution in [0.15, 0.2) is 65.7 Å². The standard InChI is InChI=1S/C22H25BrClNO2/c1-2-11-22(26,18-5-7-19(23)8-6-18)21(16-25-12-14-27-15-13-25)17-3-9-20(24)10-4-17/h2-10,21,26H,1,11-16H2/t21-,22-/m1/s1. The molecule has 1 aliphatic heterocycles. The molecule has 0 aliphatic carbocycles. The summed E-state index contributed by atoms with van der Waals surface area (Å²) in [6.07, 6.45) is 2.26. The molecule has 1 N–H and O–H groups in total. The van der Waals surface area contributed by atoms with Gasteiger partial charge in [-0.1, -0.05) is 57.9 Å². The third kappa shape index (κ3) is 5.01. The molecule has 1 saturated heterocycles. The van der Waals surface area contributed by atoms with E-state index in [1.165, 1.54) is 0 Å². The van der Waals surface area contributed by atoms with Crippen molar-refractivity contribution in [3.63, 3.8) is 0 Å². The molecule has 1 aliphatic rings. The zero-order valence-corrected chi connectivity index (χ0v) is 17.6. The summed E-state index contributed by atoms with van der Waals surface area (Å²) in [5.74, 6) is -0.118. The first kappa shape index (κ1) is 20.6. The van der Waals surface area contributed by atoms with Gasteiger partial charge in [-0.25, -0.2) is 0 Å². The first-order valence-electron chi connectivity index (χ1n) is 9.18. The molecule has 0 unspecified atom stereocenters. The van der Waals surface area contributed by atoms with Gasteiger partial charge < -0.3 is 9.84 Å². The lowest BCUT2D eigenvalue weighted by atomic mass is 9.75. The van der Waals surface area contributed by atoms with E-state index in [1.807, 2.05) is 48.5 Å². The highest BCUT2D eigenvalue weighted by molar-refractivity contribution is 9.10. The van der Waals surface area contributed by atoms with E-state index in [0.29, 0.717) is 11.4 Å². The molecular formula is C22H25BrClNO2. The second kappa shape index (κ2) is 9.35. The molecule has 2 aromatic rings. The highest BCUT2D eigenvalue weighted by Gasteiger charge is 2.39. The summed E-state index contributed by atoms with van der Waals surface area (Å²) in [5.41, 5.74) is 0.895. The predicted octanol–water partition coefficient (Wildman–Crippen LogP) is 4.98. The van der Waals surface area contributed by atoms with E-state index in [0.717, 1.165) is 48.4 Å². The molecule has 1 fully saturated rings. The number of rotatable bonds is 7. The number of benzene rings is 2. The number of aliphatic hydroxyl groups is 1. The Bertz CT molecular complexity index is 744. The van der Waals surface area contributed by atoms with Gasteiger partial charge in [-0.15, -0.1) is 6.58 Å². The Morgan fingerprint density at radius 2 is 1.78 bits per heavy atom. The number of hydrogen-bond acceptors (Lipinski definition) is 3. The molecule has 27 heavy (non-hydrogen) atoms. The Morgan fingerprint density at radius 3 is 2.37 bits per heavy atom. The summed E-state index contributed by atoms with van der Waals surface area (Å²) < 4.78 is 6.48. The Hall–Kier alpha value is -1.17. The van der Waals surface area contributed by atoms with Crippen LogP contribution in [-0.2, 0) is 10.3 Å². The zero-order chi connectivity index (χ0) is 19.3. The first-order chi connectivity index (χ1) is 13.0. The van der Waals surface area contributed by atoms with Gasteiger partial charge in [-0.3, -0.25) is 4.90 Å². The van der Waals surface area contributed by atoms with Crippen LogP contribution in [0.3, 0.4) is 0 Å². The van der Waals surface area contributed by atoms with Crippen molar-refractivity contribution >= 4 is 27.5 Å². The van der Waals surface area contributed by atoms with Crippen LogP contribution in [0, 0.1) is 0 Å². The third-order valence-electron chi connectivity index (χ3n) is 5.19. The lowest BCUT2D eigenvalue weighted by Gasteiger charge is -2.40. The van der Waals surface area contributed by atoms with Crippen LogP contribution in [-0.4, -0.2) is 42.9 Å². The quantitative estimate of drug-likeness (QED) is 0.604. The monoisotopic (exact) mass is 449 g/mol. The normalized spacial score (nSPS) is 18.6. The maximum atomic E-state index is 11.9. The van der Waals surface area contributed by atoms with E-state index >= 15 is 0 Å². The van der Waals surface area contributed by atoms with Crippen LogP contribution >= 0.6 is 27.5 Å². The van der Waals surface area contributed by atoms with Gasteiger partial charge in [0.15, 0.2) is 0 Å². The van der Waals surface area contributed by atoms with E-state index in [2.05, 4.69) is 27.4 Å². The summed E-state index contributed by atoms with van der Waals surface area (Å²) in [7, 11) is 0. The molecule has 3 nitrogen and oxygen atoms in total. The van der Waals surface area contributed by atoms with Crippen LogP contribution < -0.4 is 0 Å². The minimum absolute atomic E-state index is 0.118. The molecule has 0 amide bonds. The van der Waals surface area contributed by atoms with Gasteiger partial charge in [0, 0.05) is 35.0 Å². The fourth-order valence-electron chi connectivity index (χ4n) is 3.69. The predicted molar refractivity (Wildman–Crippen MR) is 114 cm³/mol. The number of ether oxygens (including phenoxy) is 1. The highest BCUT2D eigenvalue weighted by Crippen LogP contribution is 2.41. The second-order valence-electron chi connectivity index (χ2n) is 6.94. The van der Waals surface area contributed by atoms with Crippen LogP contribution in [0.1, 0.15) is 23.5 Å². The Kier molecular flexibility index (Phi) is 7.12. The summed E-state index contributed by atoms with van der Waals surface area (Å²) in [6, 6.07) is 15.7.